The van der Waals surface area contributed by atoms with E-state index in [0.29, 0.717) is 16.3 Å². The number of ether oxygens (including phenoxy) is 1. The van der Waals surface area contributed by atoms with Gasteiger partial charge >= 0.3 is 6.18 Å². The molecule has 41 heavy (non-hydrogen) atoms. The fraction of sp³-hybridized carbons (Fsp3) is 0.429. The Morgan fingerprint density at radius 2 is 1.85 bits per heavy atom. The van der Waals surface area contributed by atoms with Crippen molar-refractivity contribution in [1.29, 1.82) is 0 Å². The van der Waals surface area contributed by atoms with Crippen LogP contribution < -0.4 is 20.5 Å². The molecule has 0 amide bonds. The molecule has 0 spiro atoms. The van der Waals surface area contributed by atoms with Crippen LogP contribution in [0.15, 0.2) is 41.3 Å². The predicted molar refractivity (Wildman–Crippen MR) is 155 cm³/mol. The van der Waals surface area contributed by atoms with Crippen molar-refractivity contribution in [3.63, 3.8) is 0 Å². The molecule has 0 atom stereocenters. The van der Waals surface area contributed by atoms with E-state index in [2.05, 4.69) is 41.5 Å². The van der Waals surface area contributed by atoms with Crippen molar-refractivity contribution >= 4 is 42.8 Å². The predicted octanol–water partition coefficient (Wildman–Crippen LogP) is 5.71. The van der Waals surface area contributed by atoms with Gasteiger partial charge in [0.05, 0.1) is 38.8 Å². The van der Waals surface area contributed by atoms with Crippen LogP contribution in [0.25, 0.3) is 10.1 Å². The average molecular weight is 613 g/mol. The van der Waals surface area contributed by atoms with Crippen LogP contribution in [0.5, 0.6) is 5.75 Å². The zero-order chi connectivity index (χ0) is 29.8. The molecule has 4 N–H and O–H groups in total. The Kier molecular flexibility index (Phi) is 9.69. The van der Waals surface area contributed by atoms with Crippen LogP contribution in [-0.4, -0.2) is 59.1 Å². The fourth-order valence-corrected chi connectivity index (χ4v) is 6.69. The molecule has 2 aromatic carbocycles. The Hall–Kier alpha value is -3.05. The molecular formula is C28H32F4N4O3S2. The Morgan fingerprint density at radius 1 is 1.12 bits per heavy atom. The van der Waals surface area contributed by atoms with Crippen molar-refractivity contribution in [2.75, 3.05) is 38.1 Å². The highest BCUT2D eigenvalue weighted by Crippen LogP contribution is 2.40. The molecule has 1 fully saturated rings. The summed E-state index contributed by atoms with van der Waals surface area (Å²) in [5.41, 5.74) is 1.19. The van der Waals surface area contributed by atoms with Gasteiger partial charge in [0.25, 0.3) is 0 Å². The minimum absolute atomic E-state index is 0.0166. The summed E-state index contributed by atoms with van der Waals surface area (Å²) >= 11 is 1.22. The van der Waals surface area contributed by atoms with Crippen molar-refractivity contribution in [3.8, 4) is 17.6 Å². The molecule has 13 heteroatoms. The number of hydrogen-bond acceptors (Lipinski definition) is 7. The zero-order valence-corrected chi connectivity index (χ0v) is 24.3. The Balaban J connectivity index is 1.57. The number of halogens is 4. The SMILES string of the molecule is CN(C)C1CCC(Nc2cccc3c(CC(F)(F)F)c(C#CCNc4ccc(S(N)(=O)=O)cc4OCF)sc23)CC1. The molecule has 1 aromatic heterocycles. The number of anilines is 2. The van der Waals surface area contributed by atoms with Crippen molar-refractivity contribution in [2.24, 2.45) is 5.14 Å². The number of thiophene rings is 1. The Morgan fingerprint density at radius 3 is 2.49 bits per heavy atom. The first-order valence-electron chi connectivity index (χ1n) is 13.0. The molecule has 4 rings (SSSR count). The van der Waals surface area contributed by atoms with E-state index >= 15 is 0 Å². The standard InChI is InChI=1S/C28H32F4N4O3S2/c1-36(2)19-10-8-18(9-11-19)35-24-6-3-5-21-22(16-28(30,31)32)26(40-27(21)24)7-4-14-34-23-13-12-20(41(33,37)38)15-25(23)39-17-29/h3,5-6,12-13,15,18-19,34-35H,8-11,14,16-17H2,1-2H3,(H2,33,37,38). The Bertz CT molecular complexity index is 1540. The van der Waals surface area contributed by atoms with Crippen LogP contribution in [0.4, 0.5) is 28.9 Å². The minimum atomic E-state index is -4.42. The van der Waals surface area contributed by atoms with E-state index in [4.69, 9.17) is 9.88 Å². The van der Waals surface area contributed by atoms with Gasteiger partial charge in [0.1, 0.15) is 5.75 Å². The summed E-state index contributed by atoms with van der Waals surface area (Å²) in [6.07, 6.45) is -1.46. The molecule has 3 aromatic rings. The van der Waals surface area contributed by atoms with Crippen LogP contribution in [-0.2, 0) is 16.4 Å². The van der Waals surface area contributed by atoms with E-state index in [1.807, 2.05) is 6.07 Å². The van der Waals surface area contributed by atoms with E-state index < -0.39 is 29.5 Å². The topological polar surface area (TPSA) is 96.7 Å². The van der Waals surface area contributed by atoms with Gasteiger partial charge in [0, 0.05) is 18.2 Å². The maximum absolute atomic E-state index is 13.6. The first kappa shape index (κ1) is 30.9. The highest BCUT2D eigenvalue weighted by atomic mass is 32.2. The number of nitrogens with one attached hydrogen (secondary N) is 2. The molecule has 7 nitrogen and oxygen atoms in total. The van der Waals surface area contributed by atoms with Gasteiger partial charge in [0.2, 0.25) is 16.9 Å². The van der Waals surface area contributed by atoms with Crippen molar-refractivity contribution in [1.82, 2.24) is 4.90 Å². The molecule has 1 saturated carbocycles. The normalized spacial score (nSPS) is 17.8. The third-order valence-corrected chi connectivity index (χ3v) is 9.15. The van der Waals surface area contributed by atoms with E-state index in [1.54, 1.807) is 12.1 Å². The van der Waals surface area contributed by atoms with Crippen molar-refractivity contribution < 1.29 is 30.7 Å². The number of nitrogens with two attached hydrogens (primary N) is 1. The van der Waals surface area contributed by atoms with Gasteiger partial charge in [-0.25, -0.2) is 17.9 Å². The number of benzene rings is 2. The molecule has 1 aliphatic carbocycles. The minimum Gasteiger partial charge on any atom is -0.461 e. The summed E-state index contributed by atoms with van der Waals surface area (Å²) in [6, 6.07) is 9.79. The highest BCUT2D eigenvalue weighted by Gasteiger charge is 2.31. The molecule has 0 saturated heterocycles. The average Bonchev–Trinajstić information content (AvgIpc) is 3.24. The van der Waals surface area contributed by atoms with Gasteiger partial charge in [-0.2, -0.15) is 13.2 Å². The van der Waals surface area contributed by atoms with E-state index in [0.717, 1.165) is 42.1 Å². The molecule has 0 aliphatic heterocycles. The zero-order valence-electron chi connectivity index (χ0n) is 22.6. The maximum Gasteiger partial charge on any atom is 0.393 e. The van der Waals surface area contributed by atoms with Crippen LogP contribution >= 0.6 is 11.3 Å². The van der Waals surface area contributed by atoms with Gasteiger partial charge in [-0.1, -0.05) is 24.0 Å². The third-order valence-electron chi connectivity index (χ3n) is 7.04. The lowest BCUT2D eigenvalue weighted by atomic mass is 9.90. The summed E-state index contributed by atoms with van der Waals surface area (Å²) in [5, 5.41) is 12.1. The molecule has 0 bridgehead atoms. The summed E-state index contributed by atoms with van der Waals surface area (Å²) in [5.74, 6) is 5.62. The number of hydrogen-bond donors (Lipinski definition) is 3. The Labute approximate surface area is 241 Å². The van der Waals surface area contributed by atoms with Crippen molar-refractivity contribution in [2.45, 2.75) is 55.3 Å². The van der Waals surface area contributed by atoms with E-state index in [1.165, 1.54) is 23.5 Å². The number of sulfonamides is 1. The van der Waals surface area contributed by atoms with Crippen LogP contribution in [0.1, 0.15) is 36.1 Å². The second kappa shape index (κ2) is 12.9. The molecular weight excluding hydrogens is 580 g/mol. The first-order chi connectivity index (χ1) is 19.4. The third kappa shape index (κ3) is 8.03. The summed E-state index contributed by atoms with van der Waals surface area (Å²) < 4.78 is 82.4. The van der Waals surface area contributed by atoms with E-state index in [9.17, 15) is 26.0 Å². The number of nitrogens with zero attached hydrogens (tertiary/aromatic N) is 1. The molecule has 1 aliphatic rings. The number of fused-ring (bicyclic) bond motifs is 1. The number of alkyl halides is 4. The largest absolute Gasteiger partial charge is 0.461 e. The maximum atomic E-state index is 13.6. The lowest BCUT2D eigenvalue weighted by Crippen LogP contribution is -2.36. The second-order valence-electron chi connectivity index (χ2n) is 10.1. The molecule has 0 unspecified atom stereocenters. The summed E-state index contributed by atoms with van der Waals surface area (Å²) in [7, 11) is 0.121. The first-order valence-corrected chi connectivity index (χ1v) is 15.3. The van der Waals surface area contributed by atoms with Gasteiger partial charge < -0.3 is 20.3 Å². The number of primary sulfonamides is 1. The smallest absolute Gasteiger partial charge is 0.393 e. The molecule has 0 radical (unpaired) electrons. The fourth-order valence-electron chi connectivity index (χ4n) is 4.99. The monoisotopic (exact) mass is 612 g/mol. The van der Waals surface area contributed by atoms with Gasteiger partial charge in [-0.05, 0) is 68.9 Å². The van der Waals surface area contributed by atoms with Gasteiger partial charge in [-0.15, -0.1) is 11.3 Å². The van der Waals surface area contributed by atoms with E-state index in [-0.39, 0.29) is 34.5 Å². The number of rotatable bonds is 9. The van der Waals surface area contributed by atoms with Crippen LogP contribution in [0.3, 0.4) is 0 Å². The van der Waals surface area contributed by atoms with Crippen LogP contribution in [0, 0.1) is 11.8 Å². The molecule has 222 valence electrons. The van der Waals surface area contributed by atoms with Gasteiger partial charge in [-0.3, -0.25) is 0 Å². The lowest BCUT2D eigenvalue weighted by molar-refractivity contribution is -0.126. The molecule has 1 heterocycles. The van der Waals surface area contributed by atoms with Gasteiger partial charge in [0.15, 0.2) is 0 Å². The summed E-state index contributed by atoms with van der Waals surface area (Å²) in [4.78, 5) is 2.29. The lowest BCUT2D eigenvalue weighted by Gasteiger charge is -2.33. The van der Waals surface area contributed by atoms with Crippen LogP contribution in [0.2, 0.25) is 0 Å². The summed E-state index contributed by atoms with van der Waals surface area (Å²) in [6.45, 7) is -1.22. The van der Waals surface area contributed by atoms with Crippen molar-refractivity contribution in [3.05, 3.63) is 46.8 Å². The second-order valence-corrected chi connectivity index (χ2v) is 12.7. The quantitative estimate of drug-likeness (QED) is 0.212. The highest BCUT2D eigenvalue weighted by molar-refractivity contribution is 7.89.